The number of imidazole rings is 1. The Morgan fingerprint density at radius 1 is 1.06 bits per heavy atom. The molecule has 2 aromatic heterocycles. The van der Waals surface area contributed by atoms with Gasteiger partial charge in [0.15, 0.2) is 0 Å². The second-order valence-electron chi connectivity index (χ2n) is 9.15. The van der Waals surface area contributed by atoms with Gasteiger partial charge in [0.05, 0.1) is 11.7 Å². The Bertz CT molecular complexity index is 1330. The maximum atomic E-state index is 14.0. The number of benzene rings is 2. The van der Waals surface area contributed by atoms with Crippen molar-refractivity contribution >= 4 is 11.9 Å². The van der Waals surface area contributed by atoms with Gasteiger partial charge in [0.1, 0.15) is 5.82 Å². The van der Waals surface area contributed by atoms with Crippen molar-refractivity contribution in [2.45, 2.75) is 32.4 Å². The second kappa shape index (κ2) is 9.70. The number of carbonyl (C=O) groups excluding carboxylic acids is 1. The Morgan fingerprint density at radius 2 is 1.83 bits per heavy atom. The van der Waals surface area contributed by atoms with Crippen LogP contribution >= 0.6 is 0 Å². The van der Waals surface area contributed by atoms with Crippen LogP contribution in [0.1, 0.15) is 46.3 Å². The van der Waals surface area contributed by atoms with E-state index in [4.69, 9.17) is 4.98 Å². The van der Waals surface area contributed by atoms with E-state index in [-0.39, 0.29) is 11.9 Å². The number of hydrogen-bond acceptors (Lipinski definition) is 5. The number of amides is 1. The van der Waals surface area contributed by atoms with E-state index in [2.05, 4.69) is 26.7 Å². The molecule has 0 bridgehead atoms. The molecule has 3 heterocycles. The van der Waals surface area contributed by atoms with Gasteiger partial charge in [0.2, 0.25) is 5.95 Å². The summed E-state index contributed by atoms with van der Waals surface area (Å²) >= 11 is 0. The highest BCUT2D eigenvalue weighted by Gasteiger charge is 2.34. The molecule has 1 fully saturated rings. The molecule has 0 N–H and O–H groups in total. The summed E-state index contributed by atoms with van der Waals surface area (Å²) < 4.78 is 2.06. The van der Waals surface area contributed by atoms with E-state index in [1.54, 1.807) is 6.20 Å². The van der Waals surface area contributed by atoms with Crippen molar-refractivity contribution in [3.8, 4) is 11.1 Å². The first-order valence-corrected chi connectivity index (χ1v) is 12.0. The van der Waals surface area contributed by atoms with E-state index < -0.39 is 0 Å². The quantitative estimate of drug-likeness (QED) is 0.411. The molecule has 1 aliphatic rings. The van der Waals surface area contributed by atoms with Gasteiger partial charge < -0.3 is 14.4 Å². The first kappa shape index (κ1) is 22.8. The fraction of sp³-hybridized carbons (Fsp3) is 0.286. The van der Waals surface area contributed by atoms with Crippen LogP contribution in [0.4, 0.5) is 5.95 Å². The number of carbonyl (C=O) groups is 1. The third kappa shape index (κ3) is 4.54. The third-order valence-corrected chi connectivity index (χ3v) is 6.63. The van der Waals surface area contributed by atoms with Crippen LogP contribution in [0.25, 0.3) is 11.1 Å². The highest BCUT2D eigenvalue weighted by molar-refractivity contribution is 5.96. The monoisotopic (exact) mass is 466 g/mol. The molecular formula is C28H30N6O. The molecule has 0 spiro atoms. The average Bonchev–Trinajstić information content (AvgIpc) is 3.53. The topological polar surface area (TPSA) is 67.2 Å². The van der Waals surface area contributed by atoms with Gasteiger partial charge in [-0.05, 0) is 37.0 Å². The number of rotatable bonds is 6. The molecule has 1 saturated heterocycles. The Kier molecular flexibility index (Phi) is 6.31. The van der Waals surface area contributed by atoms with Crippen molar-refractivity contribution in [3.63, 3.8) is 0 Å². The van der Waals surface area contributed by atoms with Crippen LogP contribution < -0.4 is 4.90 Å². The van der Waals surface area contributed by atoms with Crippen molar-refractivity contribution in [2.75, 3.05) is 25.5 Å². The number of hydrogen-bond donors (Lipinski definition) is 0. The Balaban J connectivity index is 1.53. The predicted molar refractivity (Wildman–Crippen MR) is 137 cm³/mol. The molecule has 178 valence electrons. The zero-order valence-corrected chi connectivity index (χ0v) is 20.4. The van der Waals surface area contributed by atoms with E-state index in [1.807, 2.05) is 85.7 Å². The smallest absolute Gasteiger partial charge is 0.254 e. The lowest BCUT2D eigenvalue weighted by atomic mass is 9.99. The zero-order valence-electron chi connectivity index (χ0n) is 20.4. The summed E-state index contributed by atoms with van der Waals surface area (Å²) in [6.45, 7) is 3.29. The van der Waals surface area contributed by atoms with Crippen molar-refractivity contribution in [2.24, 2.45) is 0 Å². The van der Waals surface area contributed by atoms with Crippen molar-refractivity contribution in [1.82, 2.24) is 24.4 Å². The number of anilines is 1. The van der Waals surface area contributed by atoms with E-state index in [9.17, 15) is 4.79 Å². The SMILES string of the molecule is Cc1nccn1Cc1ccccc1C(=O)N1CCC[C@@H]1c1nc(N(C)C)ncc1-c1ccccc1. The summed E-state index contributed by atoms with van der Waals surface area (Å²) in [7, 11) is 3.88. The molecule has 1 amide bonds. The van der Waals surface area contributed by atoms with Gasteiger partial charge in [0.25, 0.3) is 5.91 Å². The maximum Gasteiger partial charge on any atom is 0.254 e. The molecule has 0 saturated carbocycles. The number of aromatic nitrogens is 4. The fourth-order valence-electron chi connectivity index (χ4n) is 4.76. The lowest BCUT2D eigenvalue weighted by Crippen LogP contribution is -2.32. The molecule has 5 rings (SSSR count). The molecule has 0 radical (unpaired) electrons. The summed E-state index contributed by atoms with van der Waals surface area (Å²) in [4.78, 5) is 31.7. The van der Waals surface area contributed by atoms with Crippen molar-refractivity contribution in [3.05, 3.63) is 95.8 Å². The van der Waals surface area contributed by atoms with E-state index >= 15 is 0 Å². The summed E-state index contributed by atoms with van der Waals surface area (Å²) in [5, 5.41) is 0. The summed E-state index contributed by atoms with van der Waals surface area (Å²) in [6, 6.07) is 18.0. The van der Waals surface area contributed by atoms with Gasteiger partial charge in [-0.15, -0.1) is 0 Å². The molecular weight excluding hydrogens is 436 g/mol. The van der Waals surface area contributed by atoms with Gasteiger partial charge >= 0.3 is 0 Å². The maximum absolute atomic E-state index is 14.0. The molecule has 2 aromatic carbocycles. The average molecular weight is 467 g/mol. The molecule has 1 aliphatic heterocycles. The van der Waals surface area contributed by atoms with Crippen LogP contribution in [0.15, 0.2) is 73.2 Å². The predicted octanol–water partition coefficient (Wildman–Crippen LogP) is 4.74. The molecule has 4 aromatic rings. The van der Waals surface area contributed by atoms with E-state index in [1.165, 1.54) is 0 Å². The van der Waals surface area contributed by atoms with Crippen LogP contribution in [0, 0.1) is 6.92 Å². The number of likely N-dealkylation sites (tertiary alicyclic amines) is 1. The molecule has 1 atom stereocenters. The fourth-order valence-corrected chi connectivity index (χ4v) is 4.76. The Labute approximate surface area is 206 Å². The van der Waals surface area contributed by atoms with Crippen molar-refractivity contribution in [1.29, 1.82) is 0 Å². The van der Waals surface area contributed by atoms with Gasteiger partial charge in [0, 0.05) is 56.9 Å². The van der Waals surface area contributed by atoms with Gasteiger partial charge in [-0.3, -0.25) is 4.79 Å². The highest BCUT2D eigenvalue weighted by Crippen LogP contribution is 2.38. The van der Waals surface area contributed by atoms with Crippen LogP contribution in [0.3, 0.4) is 0 Å². The van der Waals surface area contributed by atoms with Crippen LogP contribution in [-0.2, 0) is 6.54 Å². The summed E-state index contributed by atoms with van der Waals surface area (Å²) in [6.07, 6.45) is 7.45. The Hall–Kier alpha value is -4.00. The van der Waals surface area contributed by atoms with Crippen LogP contribution in [0.2, 0.25) is 0 Å². The number of nitrogens with zero attached hydrogens (tertiary/aromatic N) is 6. The Morgan fingerprint density at radius 3 is 2.57 bits per heavy atom. The first-order chi connectivity index (χ1) is 17.0. The minimum atomic E-state index is -0.109. The molecule has 0 unspecified atom stereocenters. The van der Waals surface area contributed by atoms with Gasteiger partial charge in [-0.25, -0.2) is 15.0 Å². The first-order valence-electron chi connectivity index (χ1n) is 12.0. The zero-order chi connectivity index (χ0) is 24.4. The lowest BCUT2D eigenvalue weighted by Gasteiger charge is -2.27. The largest absolute Gasteiger partial charge is 0.347 e. The minimum absolute atomic E-state index is 0.0462. The van der Waals surface area contributed by atoms with Gasteiger partial charge in [-0.1, -0.05) is 48.5 Å². The van der Waals surface area contributed by atoms with Gasteiger partial charge in [-0.2, -0.15) is 0 Å². The summed E-state index contributed by atoms with van der Waals surface area (Å²) in [5.74, 6) is 1.62. The molecule has 7 nitrogen and oxygen atoms in total. The summed E-state index contributed by atoms with van der Waals surface area (Å²) in [5.41, 5.74) is 4.66. The van der Waals surface area contributed by atoms with Crippen molar-refractivity contribution < 1.29 is 4.79 Å². The van der Waals surface area contributed by atoms with E-state index in [0.717, 1.165) is 46.6 Å². The third-order valence-electron chi connectivity index (χ3n) is 6.63. The number of aryl methyl sites for hydroxylation is 1. The van der Waals surface area contributed by atoms with E-state index in [0.29, 0.717) is 19.0 Å². The molecule has 35 heavy (non-hydrogen) atoms. The highest BCUT2D eigenvalue weighted by atomic mass is 16.2. The van der Waals surface area contributed by atoms with Crippen LogP contribution in [0.5, 0.6) is 0 Å². The second-order valence-corrected chi connectivity index (χ2v) is 9.15. The molecule has 0 aliphatic carbocycles. The minimum Gasteiger partial charge on any atom is -0.347 e. The normalized spacial score (nSPS) is 15.4. The van der Waals surface area contributed by atoms with Crippen LogP contribution in [-0.4, -0.2) is 51.0 Å². The standard InChI is InChI=1S/C28H30N6O/c1-20-29-15-17-33(20)19-22-12-7-8-13-23(22)27(35)34-16-9-14-25(34)26-24(21-10-5-4-6-11-21)18-30-28(31-26)32(2)3/h4-8,10-13,15,17-18,25H,9,14,16,19H2,1-3H3/t25-/m1/s1. The molecule has 7 heteroatoms. The lowest BCUT2D eigenvalue weighted by molar-refractivity contribution is 0.0732.